The lowest BCUT2D eigenvalue weighted by Crippen LogP contribution is -2.11. The van der Waals surface area contributed by atoms with E-state index in [1.807, 2.05) is 0 Å². The Balaban J connectivity index is 2.34. The Kier molecular flexibility index (Phi) is 5.14. The summed E-state index contributed by atoms with van der Waals surface area (Å²) < 4.78 is 27.4. The van der Waals surface area contributed by atoms with Crippen LogP contribution in [0.3, 0.4) is 0 Å². The first-order chi connectivity index (χ1) is 9.92. The van der Waals surface area contributed by atoms with Gasteiger partial charge in [-0.05, 0) is 30.3 Å². The highest BCUT2D eigenvalue weighted by Gasteiger charge is 2.18. The second-order valence-corrected chi connectivity index (χ2v) is 7.90. The van der Waals surface area contributed by atoms with Crippen molar-refractivity contribution in [1.82, 2.24) is 0 Å². The molecule has 0 spiro atoms. The maximum atomic E-state index is 12.2. The summed E-state index contributed by atoms with van der Waals surface area (Å²) in [7, 11) is -3.73. The third-order valence-corrected chi connectivity index (χ3v) is 5.78. The number of sulfonamides is 1. The summed E-state index contributed by atoms with van der Waals surface area (Å²) in [6.45, 7) is 0.220. The molecule has 1 aromatic carbocycles. The number of anilines is 1. The van der Waals surface area contributed by atoms with E-state index in [0.29, 0.717) is 9.90 Å². The number of rotatable bonds is 3. The normalized spacial score (nSPS) is 10.8. The lowest BCUT2D eigenvalue weighted by molar-refractivity contribution is 0.603. The summed E-state index contributed by atoms with van der Waals surface area (Å²) in [6, 6.07) is 7.76. The summed E-state index contributed by atoms with van der Waals surface area (Å²) in [5.74, 6) is 5.51. The molecule has 0 unspecified atom stereocenters. The fourth-order valence-electron chi connectivity index (χ4n) is 1.47. The average Bonchev–Trinajstić information content (AvgIpc) is 2.87. The van der Waals surface area contributed by atoms with Gasteiger partial charge in [0.2, 0.25) is 0 Å². The summed E-state index contributed by atoms with van der Waals surface area (Å²) in [5, 5.41) is 0.277. The van der Waals surface area contributed by atoms with E-state index in [1.54, 1.807) is 18.2 Å². The molecule has 0 aliphatic rings. The SMILES string of the molecule is NCC#Cc1ccc(Cl)c(NS(=O)(=O)c2ccc(Cl)s2)c1. The van der Waals surface area contributed by atoms with Crippen LogP contribution in [-0.2, 0) is 10.0 Å². The fraction of sp³-hybridized carbons (Fsp3) is 0.0769. The molecule has 0 aliphatic carbocycles. The average molecular weight is 361 g/mol. The van der Waals surface area contributed by atoms with E-state index in [9.17, 15) is 8.42 Å². The first-order valence-electron chi connectivity index (χ1n) is 5.69. The van der Waals surface area contributed by atoms with Gasteiger partial charge in [0, 0.05) is 5.56 Å². The van der Waals surface area contributed by atoms with E-state index in [4.69, 9.17) is 28.9 Å². The molecule has 2 aromatic rings. The molecule has 110 valence electrons. The third kappa shape index (κ3) is 4.13. The van der Waals surface area contributed by atoms with Crippen LogP contribution in [0.5, 0.6) is 0 Å². The number of halogens is 2. The van der Waals surface area contributed by atoms with Crippen LogP contribution in [0.25, 0.3) is 0 Å². The number of hydrogen-bond donors (Lipinski definition) is 2. The molecule has 4 nitrogen and oxygen atoms in total. The van der Waals surface area contributed by atoms with Gasteiger partial charge in [-0.25, -0.2) is 8.42 Å². The molecule has 3 N–H and O–H groups in total. The van der Waals surface area contributed by atoms with Crippen LogP contribution in [0.15, 0.2) is 34.5 Å². The molecule has 1 heterocycles. The van der Waals surface area contributed by atoms with E-state index in [0.717, 1.165) is 11.3 Å². The Morgan fingerprint density at radius 1 is 1.24 bits per heavy atom. The van der Waals surface area contributed by atoms with Crippen LogP contribution >= 0.6 is 34.5 Å². The molecule has 0 saturated carbocycles. The van der Waals surface area contributed by atoms with E-state index >= 15 is 0 Å². The topological polar surface area (TPSA) is 72.2 Å². The smallest absolute Gasteiger partial charge is 0.271 e. The highest BCUT2D eigenvalue weighted by molar-refractivity contribution is 7.94. The van der Waals surface area contributed by atoms with Crippen molar-refractivity contribution in [2.75, 3.05) is 11.3 Å². The van der Waals surface area contributed by atoms with Crippen molar-refractivity contribution in [2.45, 2.75) is 4.21 Å². The van der Waals surface area contributed by atoms with Crippen molar-refractivity contribution in [3.63, 3.8) is 0 Å². The first-order valence-corrected chi connectivity index (χ1v) is 8.74. The van der Waals surface area contributed by atoms with Gasteiger partial charge in [0.15, 0.2) is 0 Å². The number of thiophene rings is 1. The van der Waals surface area contributed by atoms with Crippen molar-refractivity contribution in [2.24, 2.45) is 5.73 Å². The first kappa shape index (κ1) is 16.1. The molecular weight excluding hydrogens is 351 g/mol. The molecule has 0 bridgehead atoms. The predicted molar refractivity (Wildman–Crippen MR) is 87.5 cm³/mol. The molecule has 0 radical (unpaired) electrons. The third-order valence-electron chi connectivity index (χ3n) is 2.36. The summed E-state index contributed by atoms with van der Waals surface area (Å²) in [4.78, 5) is 0. The maximum Gasteiger partial charge on any atom is 0.271 e. The van der Waals surface area contributed by atoms with Crippen LogP contribution in [-0.4, -0.2) is 15.0 Å². The fourth-order valence-corrected chi connectivity index (χ4v) is 4.25. The van der Waals surface area contributed by atoms with Crippen molar-refractivity contribution in [1.29, 1.82) is 0 Å². The van der Waals surface area contributed by atoms with E-state index < -0.39 is 10.0 Å². The summed E-state index contributed by atoms with van der Waals surface area (Å²) >= 11 is 12.7. The van der Waals surface area contributed by atoms with Gasteiger partial charge in [-0.2, -0.15) is 0 Å². The largest absolute Gasteiger partial charge is 0.320 e. The van der Waals surface area contributed by atoms with Gasteiger partial charge >= 0.3 is 0 Å². The zero-order chi connectivity index (χ0) is 15.5. The van der Waals surface area contributed by atoms with Gasteiger partial charge in [0.05, 0.1) is 21.6 Å². The van der Waals surface area contributed by atoms with Gasteiger partial charge < -0.3 is 5.73 Å². The minimum atomic E-state index is -3.73. The second-order valence-electron chi connectivity index (χ2n) is 3.86. The molecular formula is C13H10Cl2N2O2S2. The van der Waals surface area contributed by atoms with Crippen LogP contribution in [0.2, 0.25) is 9.36 Å². The van der Waals surface area contributed by atoms with Gasteiger partial charge in [-0.15, -0.1) is 11.3 Å². The van der Waals surface area contributed by atoms with Gasteiger partial charge in [-0.1, -0.05) is 35.0 Å². The lowest BCUT2D eigenvalue weighted by atomic mass is 10.2. The summed E-state index contributed by atoms with van der Waals surface area (Å²) in [6.07, 6.45) is 0. The molecule has 8 heteroatoms. The lowest BCUT2D eigenvalue weighted by Gasteiger charge is -2.08. The number of benzene rings is 1. The Morgan fingerprint density at radius 2 is 2.00 bits per heavy atom. The number of hydrogen-bond acceptors (Lipinski definition) is 4. The minimum absolute atomic E-state index is 0.113. The van der Waals surface area contributed by atoms with E-state index in [1.165, 1.54) is 12.1 Å². The molecule has 0 fully saturated rings. The molecule has 0 aliphatic heterocycles. The van der Waals surface area contributed by atoms with Crippen LogP contribution < -0.4 is 10.5 Å². The molecule has 0 atom stereocenters. The van der Waals surface area contributed by atoms with Crippen molar-refractivity contribution >= 4 is 50.2 Å². The molecule has 1 aromatic heterocycles. The van der Waals surface area contributed by atoms with Crippen molar-refractivity contribution in [3.05, 3.63) is 45.3 Å². The van der Waals surface area contributed by atoms with Crippen molar-refractivity contribution < 1.29 is 8.42 Å². The molecule has 0 saturated heterocycles. The Morgan fingerprint density at radius 3 is 2.62 bits per heavy atom. The predicted octanol–water partition coefficient (Wildman–Crippen LogP) is 3.17. The van der Waals surface area contributed by atoms with Crippen LogP contribution in [0.1, 0.15) is 5.56 Å². The molecule has 21 heavy (non-hydrogen) atoms. The highest BCUT2D eigenvalue weighted by atomic mass is 35.5. The summed E-state index contributed by atoms with van der Waals surface area (Å²) in [5.41, 5.74) is 6.17. The molecule has 2 rings (SSSR count). The van der Waals surface area contributed by atoms with Gasteiger partial charge in [0.25, 0.3) is 10.0 Å². The zero-order valence-electron chi connectivity index (χ0n) is 10.6. The quantitative estimate of drug-likeness (QED) is 0.825. The van der Waals surface area contributed by atoms with Crippen LogP contribution in [0, 0.1) is 11.8 Å². The van der Waals surface area contributed by atoms with Crippen molar-refractivity contribution in [3.8, 4) is 11.8 Å². The monoisotopic (exact) mass is 360 g/mol. The van der Waals surface area contributed by atoms with Gasteiger partial charge in [0.1, 0.15) is 4.21 Å². The van der Waals surface area contributed by atoms with E-state index in [-0.39, 0.29) is 21.5 Å². The van der Waals surface area contributed by atoms with E-state index in [2.05, 4.69) is 16.6 Å². The number of nitrogens with two attached hydrogens (primary N) is 1. The van der Waals surface area contributed by atoms with Gasteiger partial charge in [-0.3, -0.25) is 4.72 Å². The maximum absolute atomic E-state index is 12.2. The van der Waals surface area contributed by atoms with Crippen LogP contribution in [0.4, 0.5) is 5.69 Å². The highest BCUT2D eigenvalue weighted by Crippen LogP contribution is 2.30. The Hall–Kier alpha value is -1.23. The Labute approximate surface area is 136 Å². The second kappa shape index (κ2) is 6.69. The Bertz CT molecular complexity index is 820. The molecule has 0 amide bonds. The minimum Gasteiger partial charge on any atom is -0.320 e. The number of nitrogens with one attached hydrogen (secondary N) is 1. The standard InChI is InChI=1S/C13H10Cl2N2O2S2/c14-10-4-3-9(2-1-7-16)8-11(10)17-21(18,19)13-6-5-12(15)20-13/h3-6,8,17H,7,16H2. The zero-order valence-corrected chi connectivity index (χ0v) is 13.7.